The summed E-state index contributed by atoms with van der Waals surface area (Å²) in [5, 5.41) is 3.20. The van der Waals surface area contributed by atoms with Gasteiger partial charge in [-0.05, 0) is 37.1 Å². The summed E-state index contributed by atoms with van der Waals surface area (Å²) in [7, 11) is 0. The van der Waals surface area contributed by atoms with Crippen LogP contribution in [0, 0.1) is 0 Å². The van der Waals surface area contributed by atoms with Crippen LogP contribution in [0.5, 0.6) is 0 Å². The molecule has 4 nitrogen and oxygen atoms in total. The molecule has 0 fully saturated rings. The zero-order chi connectivity index (χ0) is 13.9. The summed E-state index contributed by atoms with van der Waals surface area (Å²) < 4.78 is 0. The lowest BCUT2D eigenvalue weighted by atomic mass is 10.2. The molecule has 0 spiro atoms. The maximum atomic E-state index is 12.6. The predicted octanol–water partition coefficient (Wildman–Crippen LogP) is 2.72. The topological polar surface area (TPSA) is 45.2 Å². The summed E-state index contributed by atoms with van der Waals surface area (Å²) in [6.45, 7) is 3.58. The lowest BCUT2D eigenvalue weighted by Gasteiger charge is -2.17. The third kappa shape index (κ3) is 2.25. The van der Waals surface area contributed by atoms with E-state index in [-0.39, 0.29) is 5.91 Å². The minimum absolute atomic E-state index is 0.0327. The van der Waals surface area contributed by atoms with Gasteiger partial charge >= 0.3 is 0 Å². The van der Waals surface area contributed by atoms with E-state index in [0.717, 1.165) is 30.9 Å². The van der Waals surface area contributed by atoms with Gasteiger partial charge in [-0.3, -0.25) is 9.78 Å². The Morgan fingerprint density at radius 1 is 1.35 bits per heavy atom. The highest BCUT2D eigenvalue weighted by molar-refractivity contribution is 6.06. The van der Waals surface area contributed by atoms with Crippen molar-refractivity contribution < 1.29 is 4.79 Å². The van der Waals surface area contributed by atoms with Crippen molar-refractivity contribution in [3.05, 3.63) is 53.9 Å². The van der Waals surface area contributed by atoms with E-state index in [1.54, 1.807) is 6.20 Å². The predicted molar refractivity (Wildman–Crippen MR) is 80.2 cm³/mol. The molecule has 20 heavy (non-hydrogen) atoms. The van der Waals surface area contributed by atoms with Crippen LogP contribution in [0.3, 0.4) is 0 Å². The molecule has 3 rings (SSSR count). The average molecular weight is 267 g/mol. The third-order valence-electron chi connectivity index (χ3n) is 3.49. The zero-order valence-corrected chi connectivity index (χ0v) is 11.5. The van der Waals surface area contributed by atoms with Crippen molar-refractivity contribution in [3.63, 3.8) is 0 Å². The van der Waals surface area contributed by atoms with Crippen LogP contribution in [0.2, 0.25) is 0 Å². The van der Waals surface area contributed by atoms with E-state index in [1.807, 2.05) is 42.2 Å². The second kappa shape index (κ2) is 5.33. The molecule has 1 aromatic heterocycles. The van der Waals surface area contributed by atoms with Crippen molar-refractivity contribution in [2.75, 3.05) is 23.3 Å². The van der Waals surface area contributed by atoms with Crippen molar-refractivity contribution in [2.24, 2.45) is 0 Å². The van der Waals surface area contributed by atoms with Gasteiger partial charge in [-0.1, -0.05) is 18.2 Å². The van der Waals surface area contributed by atoms with Crippen molar-refractivity contribution in [1.82, 2.24) is 4.98 Å². The smallest absolute Gasteiger partial charge is 0.276 e. The fourth-order valence-corrected chi connectivity index (χ4v) is 2.55. The second-order valence-electron chi connectivity index (χ2n) is 4.80. The normalized spacial score (nSPS) is 13.2. The number of pyridine rings is 1. The Hall–Kier alpha value is -2.36. The van der Waals surface area contributed by atoms with Crippen LogP contribution in [-0.2, 0) is 6.42 Å². The minimum Gasteiger partial charge on any atom is -0.385 e. The quantitative estimate of drug-likeness (QED) is 0.930. The molecule has 0 saturated carbocycles. The van der Waals surface area contributed by atoms with E-state index >= 15 is 0 Å². The first-order chi connectivity index (χ1) is 9.79. The molecule has 0 unspecified atom stereocenters. The first-order valence-corrected chi connectivity index (χ1v) is 6.89. The Labute approximate surface area is 118 Å². The molecule has 1 amide bonds. The maximum Gasteiger partial charge on any atom is 0.276 e. The third-order valence-corrected chi connectivity index (χ3v) is 3.49. The van der Waals surface area contributed by atoms with Crippen LogP contribution in [-0.4, -0.2) is 24.0 Å². The van der Waals surface area contributed by atoms with Crippen LogP contribution >= 0.6 is 0 Å². The summed E-state index contributed by atoms with van der Waals surface area (Å²) in [6.07, 6.45) is 2.59. The molecule has 1 aliphatic heterocycles. The number of hydrogen-bond donors (Lipinski definition) is 1. The minimum atomic E-state index is -0.0327. The Morgan fingerprint density at radius 3 is 3.05 bits per heavy atom. The fraction of sp³-hybridized carbons (Fsp3) is 0.250. The number of benzene rings is 1. The number of amides is 1. The monoisotopic (exact) mass is 267 g/mol. The second-order valence-corrected chi connectivity index (χ2v) is 4.80. The Kier molecular flexibility index (Phi) is 3.37. The van der Waals surface area contributed by atoms with E-state index in [0.29, 0.717) is 5.69 Å². The number of para-hydroxylation sites is 1. The van der Waals surface area contributed by atoms with Crippen molar-refractivity contribution in [2.45, 2.75) is 13.3 Å². The summed E-state index contributed by atoms with van der Waals surface area (Å²) >= 11 is 0. The molecule has 102 valence electrons. The van der Waals surface area contributed by atoms with Gasteiger partial charge in [0.05, 0.1) is 0 Å². The number of anilines is 2. The highest BCUT2D eigenvalue weighted by Gasteiger charge is 2.25. The summed E-state index contributed by atoms with van der Waals surface area (Å²) in [5.74, 6) is -0.0327. The molecule has 0 bridgehead atoms. The van der Waals surface area contributed by atoms with Gasteiger partial charge in [0.15, 0.2) is 0 Å². The average Bonchev–Trinajstić information content (AvgIpc) is 2.91. The van der Waals surface area contributed by atoms with Crippen LogP contribution < -0.4 is 10.2 Å². The van der Waals surface area contributed by atoms with E-state index in [2.05, 4.69) is 16.4 Å². The van der Waals surface area contributed by atoms with Crippen molar-refractivity contribution in [3.8, 4) is 0 Å². The van der Waals surface area contributed by atoms with Crippen molar-refractivity contribution in [1.29, 1.82) is 0 Å². The Bertz CT molecular complexity index is 639. The SMILES string of the molecule is CCNc1ccnc(C(=O)N2CCc3ccccc32)c1. The molecule has 1 N–H and O–H groups in total. The number of carbonyl (C=O) groups is 1. The summed E-state index contributed by atoms with van der Waals surface area (Å²) in [6, 6.07) is 11.7. The Balaban J connectivity index is 1.89. The number of aromatic nitrogens is 1. The number of carbonyl (C=O) groups excluding carboxylic acids is 1. The van der Waals surface area contributed by atoms with Crippen LogP contribution in [0.15, 0.2) is 42.6 Å². The molecule has 0 radical (unpaired) electrons. The van der Waals surface area contributed by atoms with Crippen LogP contribution in [0.25, 0.3) is 0 Å². The number of hydrogen-bond acceptors (Lipinski definition) is 3. The highest BCUT2D eigenvalue weighted by atomic mass is 16.2. The van der Waals surface area contributed by atoms with E-state index in [1.165, 1.54) is 5.56 Å². The molecule has 4 heteroatoms. The molecule has 0 aliphatic carbocycles. The lowest BCUT2D eigenvalue weighted by molar-refractivity contribution is 0.0984. The first kappa shape index (κ1) is 12.7. The highest BCUT2D eigenvalue weighted by Crippen LogP contribution is 2.28. The molecule has 0 saturated heterocycles. The molecule has 0 atom stereocenters. The molecular weight excluding hydrogens is 250 g/mol. The van der Waals surface area contributed by atoms with Gasteiger partial charge in [0.2, 0.25) is 0 Å². The van der Waals surface area contributed by atoms with Gasteiger partial charge in [0.25, 0.3) is 5.91 Å². The zero-order valence-electron chi connectivity index (χ0n) is 11.5. The van der Waals surface area contributed by atoms with Gasteiger partial charge < -0.3 is 10.2 Å². The number of nitrogens with one attached hydrogen (secondary N) is 1. The van der Waals surface area contributed by atoms with E-state index in [4.69, 9.17) is 0 Å². The molecule has 2 heterocycles. The van der Waals surface area contributed by atoms with Crippen LogP contribution in [0.1, 0.15) is 23.0 Å². The maximum absolute atomic E-state index is 12.6. The van der Waals surface area contributed by atoms with E-state index < -0.39 is 0 Å². The number of rotatable bonds is 3. The molecule has 1 aliphatic rings. The molecule has 1 aromatic carbocycles. The van der Waals surface area contributed by atoms with Gasteiger partial charge in [-0.25, -0.2) is 0 Å². The standard InChI is InChI=1S/C16H17N3O/c1-2-17-13-7-9-18-14(11-13)16(20)19-10-8-12-5-3-4-6-15(12)19/h3-7,9,11H,2,8,10H2,1H3,(H,17,18). The largest absolute Gasteiger partial charge is 0.385 e. The summed E-state index contributed by atoms with van der Waals surface area (Å²) in [5.41, 5.74) is 3.65. The van der Waals surface area contributed by atoms with E-state index in [9.17, 15) is 4.79 Å². The van der Waals surface area contributed by atoms with Gasteiger partial charge in [-0.15, -0.1) is 0 Å². The van der Waals surface area contributed by atoms with Gasteiger partial charge in [0, 0.05) is 30.7 Å². The number of fused-ring (bicyclic) bond motifs is 1. The summed E-state index contributed by atoms with van der Waals surface area (Å²) in [4.78, 5) is 18.6. The van der Waals surface area contributed by atoms with Crippen LogP contribution in [0.4, 0.5) is 11.4 Å². The molecular formula is C16H17N3O. The van der Waals surface area contributed by atoms with Gasteiger partial charge in [0.1, 0.15) is 5.69 Å². The molecule has 2 aromatic rings. The van der Waals surface area contributed by atoms with Crippen molar-refractivity contribution >= 4 is 17.3 Å². The van der Waals surface area contributed by atoms with Gasteiger partial charge in [-0.2, -0.15) is 0 Å². The fourth-order valence-electron chi connectivity index (χ4n) is 2.55. The number of nitrogens with zero attached hydrogens (tertiary/aromatic N) is 2. The first-order valence-electron chi connectivity index (χ1n) is 6.89. The Morgan fingerprint density at radius 2 is 2.20 bits per heavy atom. The lowest BCUT2D eigenvalue weighted by Crippen LogP contribution is -2.29.